The van der Waals surface area contributed by atoms with Crippen molar-refractivity contribution >= 4 is 11.5 Å². The Morgan fingerprint density at radius 1 is 1.08 bits per heavy atom. The lowest BCUT2D eigenvalue weighted by Crippen LogP contribution is -1.87. The Labute approximate surface area is 148 Å². The van der Waals surface area contributed by atoms with Gasteiger partial charge in [-0.05, 0) is 23.7 Å². The fourth-order valence-corrected chi connectivity index (χ4v) is 3.11. The number of imidazole rings is 1. The lowest BCUT2D eigenvalue weighted by atomic mass is 10.2. The molecule has 26 heavy (non-hydrogen) atoms. The summed E-state index contributed by atoms with van der Waals surface area (Å²) in [5.41, 5.74) is 3.41. The van der Waals surface area contributed by atoms with E-state index in [-0.39, 0.29) is 0 Å². The summed E-state index contributed by atoms with van der Waals surface area (Å²) in [5, 5.41) is 26.3. The van der Waals surface area contributed by atoms with Crippen LogP contribution in [0.3, 0.4) is 0 Å². The van der Waals surface area contributed by atoms with Gasteiger partial charge in [-0.25, -0.2) is 4.98 Å². The normalized spacial score (nSPS) is 11.1. The molecule has 5 aromatic heterocycles. The first-order valence-corrected chi connectivity index (χ1v) is 8.15. The van der Waals surface area contributed by atoms with E-state index in [2.05, 4.69) is 50.3 Å². The molecule has 0 saturated heterocycles. The van der Waals surface area contributed by atoms with Crippen molar-refractivity contribution in [1.29, 1.82) is 0 Å². The van der Waals surface area contributed by atoms with E-state index in [9.17, 15) is 0 Å². The van der Waals surface area contributed by atoms with Gasteiger partial charge in [-0.2, -0.15) is 10.2 Å². The summed E-state index contributed by atoms with van der Waals surface area (Å²) in [6.07, 6.45) is 6.44. The van der Waals surface area contributed by atoms with E-state index < -0.39 is 0 Å². The van der Waals surface area contributed by atoms with Crippen molar-refractivity contribution in [1.82, 2.24) is 50.3 Å². The Balaban J connectivity index is 1.56. The summed E-state index contributed by atoms with van der Waals surface area (Å²) < 4.78 is 9.12. The molecule has 0 amide bonds. The summed E-state index contributed by atoms with van der Waals surface area (Å²) in [4.78, 5) is 8.46. The Morgan fingerprint density at radius 3 is 2.92 bits per heavy atom. The standard InChI is InChI=1S/C14H8N10OS/c1-2-8(20-16-3-1)13-12(22-24-26-13)9-5-15-14(19-9)7-4-17-21-11(7)10-6-18-23-25-10/h1-6H,(H,15,19)(H,17,21). The minimum Gasteiger partial charge on any atom is -0.336 e. The molecule has 11 nitrogen and oxygen atoms in total. The molecule has 0 unspecified atom stereocenters. The molecule has 0 fully saturated rings. The van der Waals surface area contributed by atoms with Gasteiger partial charge < -0.3 is 9.51 Å². The molecule has 0 bridgehead atoms. The molecule has 0 spiro atoms. The fourth-order valence-electron chi connectivity index (χ4n) is 2.47. The largest absolute Gasteiger partial charge is 0.336 e. The quantitative estimate of drug-likeness (QED) is 0.487. The summed E-state index contributed by atoms with van der Waals surface area (Å²) >= 11 is 1.24. The number of nitrogens with zero attached hydrogens (tertiary/aromatic N) is 8. The van der Waals surface area contributed by atoms with E-state index in [4.69, 9.17) is 4.52 Å². The lowest BCUT2D eigenvalue weighted by molar-refractivity contribution is 0.402. The molecule has 12 heteroatoms. The molecule has 0 radical (unpaired) electrons. The van der Waals surface area contributed by atoms with Gasteiger partial charge in [-0.3, -0.25) is 5.10 Å². The van der Waals surface area contributed by atoms with Gasteiger partial charge in [-0.1, -0.05) is 4.49 Å². The van der Waals surface area contributed by atoms with E-state index in [1.54, 1.807) is 18.6 Å². The van der Waals surface area contributed by atoms with Gasteiger partial charge in [0, 0.05) is 11.5 Å². The second kappa shape index (κ2) is 5.93. The first-order valence-electron chi connectivity index (χ1n) is 7.37. The van der Waals surface area contributed by atoms with Crippen LogP contribution in [0.5, 0.6) is 0 Å². The minimum absolute atomic E-state index is 0.464. The van der Waals surface area contributed by atoms with Crippen molar-refractivity contribution in [2.75, 3.05) is 0 Å². The van der Waals surface area contributed by atoms with Crippen molar-refractivity contribution < 1.29 is 4.52 Å². The fraction of sp³-hybridized carbons (Fsp3) is 0. The van der Waals surface area contributed by atoms with Crippen molar-refractivity contribution in [3.8, 4) is 44.8 Å². The summed E-state index contributed by atoms with van der Waals surface area (Å²) in [5.74, 6) is 1.06. The number of aromatic amines is 2. The van der Waals surface area contributed by atoms with E-state index in [1.807, 2.05) is 12.1 Å². The zero-order chi connectivity index (χ0) is 17.3. The van der Waals surface area contributed by atoms with Gasteiger partial charge in [0.2, 0.25) is 5.76 Å². The average Bonchev–Trinajstić information content (AvgIpc) is 3.49. The molecular formula is C14H8N10OS. The molecule has 5 rings (SSSR count). The van der Waals surface area contributed by atoms with Crippen molar-refractivity contribution in [2.45, 2.75) is 0 Å². The molecule has 0 aliphatic rings. The third-order valence-corrected chi connectivity index (χ3v) is 4.37. The van der Waals surface area contributed by atoms with Gasteiger partial charge in [0.15, 0.2) is 0 Å². The molecule has 0 saturated carbocycles. The predicted octanol–water partition coefficient (Wildman–Crippen LogP) is 1.83. The van der Waals surface area contributed by atoms with Gasteiger partial charge in [-0.15, -0.1) is 15.3 Å². The SMILES string of the molecule is c1cnnc(-c2snnc2-c2cnc(-c3cn[nH]c3-c3cnno3)[nH]2)c1. The average molecular weight is 364 g/mol. The van der Waals surface area contributed by atoms with Gasteiger partial charge in [0.05, 0.1) is 23.7 Å². The maximum atomic E-state index is 5.09. The van der Waals surface area contributed by atoms with Gasteiger partial charge >= 0.3 is 0 Å². The van der Waals surface area contributed by atoms with Crippen LogP contribution in [0, 0.1) is 0 Å². The predicted molar refractivity (Wildman–Crippen MR) is 89.4 cm³/mol. The Bertz CT molecular complexity index is 1140. The molecule has 0 aliphatic carbocycles. The number of hydrogen-bond acceptors (Lipinski definition) is 10. The molecule has 0 aromatic carbocycles. The first kappa shape index (κ1) is 14.5. The molecule has 126 valence electrons. The maximum absolute atomic E-state index is 5.09. The minimum atomic E-state index is 0.464. The van der Waals surface area contributed by atoms with E-state index in [0.717, 1.165) is 10.4 Å². The highest BCUT2D eigenvalue weighted by Crippen LogP contribution is 2.33. The molecule has 0 atom stereocenters. The first-order chi connectivity index (χ1) is 12.9. The van der Waals surface area contributed by atoms with E-state index in [0.29, 0.717) is 34.4 Å². The number of rotatable bonds is 4. The third-order valence-electron chi connectivity index (χ3n) is 3.63. The topological polar surface area (TPSA) is 148 Å². The molecular weight excluding hydrogens is 356 g/mol. The highest BCUT2D eigenvalue weighted by atomic mass is 32.1. The monoisotopic (exact) mass is 364 g/mol. The zero-order valence-corrected chi connectivity index (χ0v) is 13.7. The smallest absolute Gasteiger partial charge is 0.205 e. The highest BCUT2D eigenvalue weighted by Gasteiger charge is 2.19. The lowest BCUT2D eigenvalue weighted by Gasteiger charge is -1.98. The number of hydrogen-bond donors (Lipinski definition) is 2. The molecule has 2 N–H and O–H groups in total. The Morgan fingerprint density at radius 2 is 2.08 bits per heavy atom. The summed E-state index contributed by atoms with van der Waals surface area (Å²) in [7, 11) is 0. The number of nitrogens with one attached hydrogen (secondary N) is 2. The van der Waals surface area contributed by atoms with Crippen LogP contribution < -0.4 is 0 Å². The van der Waals surface area contributed by atoms with Gasteiger partial charge in [0.1, 0.15) is 34.0 Å². The highest BCUT2D eigenvalue weighted by molar-refractivity contribution is 7.09. The number of H-pyrrole nitrogens is 2. The summed E-state index contributed by atoms with van der Waals surface area (Å²) in [6.45, 7) is 0. The van der Waals surface area contributed by atoms with Crippen molar-refractivity contribution in [2.24, 2.45) is 0 Å². The van der Waals surface area contributed by atoms with Crippen molar-refractivity contribution in [3.05, 3.63) is 36.9 Å². The molecule has 5 aromatic rings. The zero-order valence-electron chi connectivity index (χ0n) is 12.9. The van der Waals surface area contributed by atoms with Crippen LogP contribution in [0.15, 0.2) is 41.4 Å². The van der Waals surface area contributed by atoms with Gasteiger partial charge in [0.25, 0.3) is 0 Å². The van der Waals surface area contributed by atoms with Crippen LogP contribution in [0.4, 0.5) is 0 Å². The van der Waals surface area contributed by atoms with E-state index >= 15 is 0 Å². The van der Waals surface area contributed by atoms with Crippen LogP contribution in [-0.4, -0.2) is 50.3 Å². The van der Waals surface area contributed by atoms with Crippen LogP contribution in [0.25, 0.3) is 44.8 Å². The van der Waals surface area contributed by atoms with Crippen LogP contribution >= 0.6 is 11.5 Å². The van der Waals surface area contributed by atoms with Crippen LogP contribution in [0.1, 0.15) is 0 Å². The third kappa shape index (κ3) is 2.36. The summed E-state index contributed by atoms with van der Waals surface area (Å²) in [6, 6.07) is 3.67. The Kier molecular flexibility index (Phi) is 3.31. The Hall–Kier alpha value is -3.80. The van der Waals surface area contributed by atoms with Crippen molar-refractivity contribution in [3.63, 3.8) is 0 Å². The maximum Gasteiger partial charge on any atom is 0.205 e. The second-order valence-corrected chi connectivity index (χ2v) is 5.90. The second-order valence-electron chi connectivity index (χ2n) is 5.15. The molecule has 0 aliphatic heterocycles. The molecule has 5 heterocycles. The number of aromatic nitrogens is 10. The van der Waals surface area contributed by atoms with Crippen LogP contribution in [0.2, 0.25) is 0 Å². The van der Waals surface area contributed by atoms with E-state index in [1.165, 1.54) is 17.7 Å². The van der Waals surface area contributed by atoms with Crippen LogP contribution in [-0.2, 0) is 0 Å².